The van der Waals surface area contributed by atoms with Crippen LogP contribution in [0.4, 0.5) is 16.3 Å². The summed E-state index contributed by atoms with van der Waals surface area (Å²) >= 11 is 0. The number of aliphatic hydroxyl groups excluding tert-OH is 1. The van der Waals surface area contributed by atoms with E-state index in [0.717, 1.165) is 5.69 Å². The fourth-order valence-corrected chi connectivity index (χ4v) is 3.37. The second-order valence-corrected chi connectivity index (χ2v) is 7.61. The molecule has 0 unspecified atom stereocenters. The van der Waals surface area contributed by atoms with Gasteiger partial charge in [-0.05, 0) is 26.8 Å². The van der Waals surface area contributed by atoms with Crippen molar-refractivity contribution in [3.8, 4) is 17.4 Å². The van der Waals surface area contributed by atoms with Crippen LogP contribution in [0.25, 0.3) is 0 Å². The molecule has 2 aromatic heterocycles. The van der Waals surface area contributed by atoms with Crippen LogP contribution in [-0.2, 0) is 4.74 Å². The van der Waals surface area contributed by atoms with E-state index in [0.29, 0.717) is 54.8 Å². The van der Waals surface area contributed by atoms with E-state index in [2.05, 4.69) is 15.3 Å². The first kappa shape index (κ1) is 23.4. The van der Waals surface area contributed by atoms with Gasteiger partial charge in [0, 0.05) is 44.3 Å². The molecule has 0 radical (unpaired) electrons. The summed E-state index contributed by atoms with van der Waals surface area (Å²) in [7, 11) is 1.56. The summed E-state index contributed by atoms with van der Waals surface area (Å²) in [6.45, 7) is 6.20. The normalized spacial score (nSPS) is 14.2. The number of carbonyl (C=O) groups excluding carboxylic acids is 1. The van der Waals surface area contributed by atoms with Crippen molar-refractivity contribution in [2.75, 3.05) is 32.3 Å². The highest BCUT2D eigenvalue weighted by molar-refractivity contribution is 5.68. The molecule has 0 saturated carbocycles. The number of hydrogen-bond acceptors (Lipinski definition) is 9. The molecule has 2 N–H and O–H groups in total. The summed E-state index contributed by atoms with van der Waals surface area (Å²) in [4.78, 5) is 22.4. The number of rotatable bonds is 8. The van der Waals surface area contributed by atoms with Crippen molar-refractivity contribution in [2.45, 2.75) is 45.8 Å². The first-order valence-electron chi connectivity index (χ1n) is 10.5. The van der Waals surface area contributed by atoms with E-state index in [1.807, 2.05) is 20.8 Å². The Morgan fingerprint density at radius 2 is 2.03 bits per heavy atom. The van der Waals surface area contributed by atoms with Crippen LogP contribution in [0.5, 0.6) is 17.4 Å². The van der Waals surface area contributed by atoms with Gasteiger partial charge in [0.15, 0.2) is 18.4 Å². The van der Waals surface area contributed by atoms with Crippen LogP contribution in [-0.4, -0.2) is 65.3 Å². The van der Waals surface area contributed by atoms with Crippen molar-refractivity contribution in [3.63, 3.8) is 0 Å². The lowest BCUT2D eigenvalue weighted by atomic mass is 10.1. The molecule has 10 nitrogen and oxygen atoms in total. The van der Waals surface area contributed by atoms with Crippen molar-refractivity contribution >= 4 is 17.6 Å². The van der Waals surface area contributed by atoms with Gasteiger partial charge in [-0.25, -0.2) is 14.8 Å². The van der Waals surface area contributed by atoms with E-state index < -0.39 is 6.79 Å². The Labute approximate surface area is 187 Å². The minimum Gasteiger partial charge on any atom is -0.490 e. The predicted octanol–water partition coefficient (Wildman–Crippen LogP) is 3.25. The highest BCUT2D eigenvalue weighted by Crippen LogP contribution is 2.37. The van der Waals surface area contributed by atoms with E-state index in [9.17, 15) is 4.79 Å². The van der Waals surface area contributed by atoms with E-state index >= 15 is 0 Å². The Bertz CT molecular complexity index is 915. The maximum absolute atomic E-state index is 12.1. The standard InChI is InChI=1S/C22H30N4O6/c1-14(2)31-22(28)26-11-8-16(9-12-26)32-18-7-10-23-21(20(18)29-4)25-17-5-6-19(30-13-27)24-15(17)3/h5-7,10,14,16,27H,8-9,11-13H2,1-4H3,(H,23,25). The number of amides is 1. The smallest absolute Gasteiger partial charge is 0.410 e. The van der Waals surface area contributed by atoms with Gasteiger partial charge in [-0.3, -0.25) is 0 Å². The highest BCUT2D eigenvalue weighted by Gasteiger charge is 2.26. The third kappa shape index (κ3) is 5.91. The van der Waals surface area contributed by atoms with Crippen LogP contribution >= 0.6 is 0 Å². The monoisotopic (exact) mass is 446 g/mol. The lowest BCUT2D eigenvalue weighted by Gasteiger charge is -2.32. The lowest BCUT2D eigenvalue weighted by molar-refractivity contribution is 0.0511. The zero-order valence-corrected chi connectivity index (χ0v) is 18.8. The van der Waals surface area contributed by atoms with Crippen molar-refractivity contribution in [1.82, 2.24) is 14.9 Å². The number of ether oxygens (including phenoxy) is 4. The number of hydrogen-bond donors (Lipinski definition) is 2. The molecule has 0 spiro atoms. The molecular formula is C22H30N4O6. The van der Waals surface area contributed by atoms with Gasteiger partial charge in [-0.15, -0.1) is 0 Å². The molecule has 32 heavy (non-hydrogen) atoms. The molecular weight excluding hydrogens is 416 g/mol. The Morgan fingerprint density at radius 1 is 1.28 bits per heavy atom. The van der Waals surface area contributed by atoms with Gasteiger partial charge >= 0.3 is 6.09 Å². The van der Waals surface area contributed by atoms with Gasteiger partial charge in [0.2, 0.25) is 11.6 Å². The van der Waals surface area contributed by atoms with Crippen molar-refractivity contribution < 1.29 is 28.8 Å². The molecule has 174 valence electrons. The first-order chi connectivity index (χ1) is 15.4. The van der Waals surface area contributed by atoms with Crippen LogP contribution in [0.3, 0.4) is 0 Å². The molecule has 1 fully saturated rings. The third-order valence-corrected chi connectivity index (χ3v) is 4.93. The second kappa shape index (κ2) is 10.9. The van der Waals surface area contributed by atoms with Crippen molar-refractivity contribution in [1.29, 1.82) is 0 Å². The topological polar surface area (TPSA) is 115 Å². The minimum absolute atomic E-state index is 0.0550. The number of nitrogens with zero attached hydrogens (tertiary/aromatic N) is 3. The SMILES string of the molecule is COc1c(OC2CCN(C(=O)OC(C)C)CC2)ccnc1Nc1ccc(OCO)nc1C. The number of piperidine rings is 1. The Morgan fingerprint density at radius 3 is 2.66 bits per heavy atom. The molecule has 1 saturated heterocycles. The molecule has 3 rings (SSSR count). The Balaban J connectivity index is 1.67. The summed E-state index contributed by atoms with van der Waals surface area (Å²) in [5.74, 6) is 1.86. The first-order valence-corrected chi connectivity index (χ1v) is 10.5. The molecule has 1 amide bonds. The number of nitrogens with one attached hydrogen (secondary N) is 1. The molecule has 0 aromatic carbocycles. The number of pyridine rings is 2. The number of anilines is 2. The summed E-state index contributed by atoms with van der Waals surface area (Å²) in [6.07, 6.45) is 2.54. The third-order valence-electron chi connectivity index (χ3n) is 4.93. The van der Waals surface area contributed by atoms with Crippen molar-refractivity contribution in [3.05, 3.63) is 30.1 Å². The van der Waals surface area contributed by atoms with Gasteiger partial charge in [-0.2, -0.15) is 0 Å². The minimum atomic E-state index is -0.439. The molecule has 2 aromatic rings. The van der Waals surface area contributed by atoms with E-state index in [4.69, 9.17) is 24.1 Å². The number of aromatic nitrogens is 2. The number of aryl methyl sites for hydroxylation is 1. The molecule has 1 aliphatic rings. The van der Waals surface area contributed by atoms with Gasteiger partial charge in [0.05, 0.1) is 24.6 Å². The zero-order chi connectivity index (χ0) is 23.1. The van der Waals surface area contributed by atoms with Gasteiger partial charge in [0.1, 0.15) is 6.10 Å². The number of likely N-dealkylation sites (tertiary alicyclic amines) is 1. The maximum Gasteiger partial charge on any atom is 0.410 e. The predicted molar refractivity (Wildman–Crippen MR) is 118 cm³/mol. The zero-order valence-electron chi connectivity index (χ0n) is 18.8. The molecule has 10 heteroatoms. The average Bonchev–Trinajstić information content (AvgIpc) is 2.76. The maximum atomic E-state index is 12.1. The molecule has 0 aliphatic carbocycles. The largest absolute Gasteiger partial charge is 0.490 e. The van der Waals surface area contributed by atoms with Crippen LogP contribution in [0.15, 0.2) is 24.4 Å². The fraction of sp³-hybridized carbons (Fsp3) is 0.500. The van der Waals surface area contributed by atoms with E-state index in [-0.39, 0.29) is 18.3 Å². The summed E-state index contributed by atoms with van der Waals surface area (Å²) in [6, 6.07) is 5.19. The van der Waals surface area contributed by atoms with Gasteiger partial charge < -0.3 is 34.3 Å². The van der Waals surface area contributed by atoms with Gasteiger partial charge in [-0.1, -0.05) is 0 Å². The lowest BCUT2D eigenvalue weighted by Crippen LogP contribution is -2.42. The molecule has 0 atom stereocenters. The number of carbonyl (C=O) groups is 1. The van der Waals surface area contributed by atoms with Crippen molar-refractivity contribution in [2.24, 2.45) is 0 Å². The summed E-state index contributed by atoms with van der Waals surface area (Å²) in [5, 5.41) is 12.1. The van der Waals surface area contributed by atoms with Crippen LogP contribution in [0, 0.1) is 6.92 Å². The highest BCUT2D eigenvalue weighted by atomic mass is 16.6. The molecule has 3 heterocycles. The second-order valence-electron chi connectivity index (χ2n) is 7.61. The fourth-order valence-electron chi connectivity index (χ4n) is 3.37. The van der Waals surface area contributed by atoms with E-state index in [1.165, 1.54) is 0 Å². The summed E-state index contributed by atoms with van der Waals surface area (Å²) < 4.78 is 22.1. The Hall–Kier alpha value is -3.27. The average molecular weight is 447 g/mol. The summed E-state index contributed by atoms with van der Waals surface area (Å²) in [5.41, 5.74) is 1.39. The number of aliphatic hydroxyl groups is 1. The Kier molecular flexibility index (Phi) is 7.93. The molecule has 1 aliphatic heterocycles. The number of methoxy groups -OCH3 is 1. The van der Waals surface area contributed by atoms with Gasteiger partial charge in [0.25, 0.3) is 0 Å². The van der Waals surface area contributed by atoms with Crippen LogP contribution < -0.4 is 19.5 Å². The van der Waals surface area contributed by atoms with Crippen LogP contribution in [0.1, 0.15) is 32.4 Å². The quantitative estimate of drug-likeness (QED) is 0.590. The van der Waals surface area contributed by atoms with Crippen LogP contribution in [0.2, 0.25) is 0 Å². The van der Waals surface area contributed by atoms with E-state index in [1.54, 1.807) is 36.4 Å². The molecule has 0 bridgehead atoms.